The molecule has 4 aromatic carbocycles. The van der Waals surface area contributed by atoms with E-state index in [4.69, 9.17) is 5.48 Å². The van der Waals surface area contributed by atoms with Gasteiger partial charge in [0.1, 0.15) is 0 Å². The summed E-state index contributed by atoms with van der Waals surface area (Å²) < 4.78 is 58.7. The zero-order valence-corrected chi connectivity index (χ0v) is 44.1. The zero-order valence-electron chi connectivity index (χ0n) is 43.7. The van der Waals surface area contributed by atoms with E-state index in [1.54, 1.807) is 6.92 Å². The summed E-state index contributed by atoms with van der Waals surface area (Å²) in [5, 5.41) is 15.9. The van der Waals surface area contributed by atoms with Gasteiger partial charge in [-0.15, -0.1) is 69.8 Å². The number of nitrogens with zero attached hydrogens (tertiary/aromatic N) is 2. The molecule has 1 unspecified atom stereocenters. The Labute approximate surface area is 398 Å². The fraction of sp³-hybridized carbons (Fsp3) is 0.389. The van der Waals surface area contributed by atoms with Crippen molar-refractivity contribution in [2.24, 2.45) is 11.8 Å². The standard InChI is InChI=1S/2C20H22NSi.C14H24F2O2.Ir/c2*1-14-10-15(2)12-17(11-14)20-19-7-6-18(22(3,4)5)13-16(19)8-9-21-20;1-5-10(6-2)12(17)8-13(18)11(7-3)9-14(4,15)16;/h2*6-11,13H,1-5H3;8,10-11,18H,5-7,9H2,1-4H3;/q2*-1;;/b;;13-8-;/i2*8D,9D;;. The average molecular weight is 1070 g/mol. The van der Waals surface area contributed by atoms with E-state index in [0.29, 0.717) is 19.3 Å². The second-order valence-corrected chi connectivity index (χ2v) is 28.9. The number of alkyl halides is 2. The summed E-state index contributed by atoms with van der Waals surface area (Å²) in [6.45, 7) is 28.2. The van der Waals surface area contributed by atoms with E-state index in [2.05, 4.69) is 124 Å². The van der Waals surface area contributed by atoms with E-state index in [9.17, 15) is 18.7 Å². The van der Waals surface area contributed by atoms with Crippen molar-refractivity contribution in [3.63, 3.8) is 0 Å². The molecule has 6 rings (SSSR count). The minimum Gasteiger partial charge on any atom is -0.512 e. The Morgan fingerprint density at radius 3 is 1.44 bits per heavy atom. The monoisotopic (exact) mass is 1070 g/mol. The minimum absolute atomic E-state index is 0. The molecule has 0 saturated heterocycles. The molecule has 9 heteroatoms. The Morgan fingerprint density at radius 2 is 1.11 bits per heavy atom. The number of carbonyl (C=O) groups excluding carboxylic acids is 1. The van der Waals surface area contributed by atoms with Crippen LogP contribution in [0.3, 0.4) is 0 Å². The van der Waals surface area contributed by atoms with Crippen molar-refractivity contribution in [1.82, 2.24) is 9.97 Å². The number of rotatable bonds is 12. The van der Waals surface area contributed by atoms with Crippen LogP contribution < -0.4 is 10.4 Å². The van der Waals surface area contributed by atoms with Gasteiger partial charge in [0.2, 0.25) is 5.92 Å². The van der Waals surface area contributed by atoms with Crippen LogP contribution in [0.15, 0.2) is 96.9 Å². The van der Waals surface area contributed by atoms with Gasteiger partial charge in [0.05, 0.1) is 27.4 Å². The van der Waals surface area contributed by atoms with Crippen LogP contribution in [0.4, 0.5) is 8.78 Å². The van der Waals surface area contributed by atoms with Gasteiger partial charge in [-0.05, 0) is 71.2 Å². The number of aliphatic hydroxyl groups is 1. The molecule has 0 aliphatic heterocycles. The van der Waals surface area contributed by atoms with Gasteiger partial charge in [0.15, 0.2) is 5.78 Å². The fourth-order valence-corrected chi connectivity index (χ4v) is 9.79. The van der Waals surface area contributed by atoms with Crippen molar-refractivity contribution in [2.75, 3.05) is 0 Å². The zero-order chi connectivity index (χ0) is 49.6. The second kappa shape index (κ2) is 22.7. The molecule has 0 aliphatic rings. The normalized spacial score (nSPS) is 13.4. The molecular formula is C54H68F2IrN2O2Si2-2. The first-order valence-electron chi connectivity index (χ1n) is 23.7. The van der Waals surface area contributed by atoms with E-state index in [1.807, 2.05) is 39.8 Å². The predicted molar refractivity (Wildman–Crippen MR) is 266 cm³/mol. The first-order chi connectivity index (χ1) is 30.6. The Kier molecular flexibility index (Phi) is 16.8. The number of aryl methyl sites for hydroxylation is 4. The van der Waals surface area contributed by atoms with Gasteiger partial charge in [-0.25, -0.2) is 8.78 Å². The number of pyridine rings is 2. The maximum atomic E-state index is 12.9. The van der Waals surface area contributed by atoms with Crippen molar-refractivity contribution in [1.29, 1.82) is 0 Å². The SMILES string of the molecule is CCC(CC)C(=O)/C=C(\O)C(CC)CC(C)(F)F.[2H]c1nc(-c2[c-]c(C)cc(C)c2)c2ccc([Si](C)(C)C)cc2c1[2H].[2H]c1nc(-c2[c-]c(C)cc(C)c2)c2ccc([Si](C)(C)C)cc2c1[2H].[Ir]. The molecule has 339 valence electrons. The summed E-state index contributed by atoms with van der Waals surface area (Å²) in [7, 11) is -2.96. The number of allylic oxidation sites excluding steroid dienone is 2. The van der Waals surface area contributed by atoms with Crippen LogP contribution in [-0.2, 0) is 24.9 Å². The Hall–Kier alpha value is -4.15. The van der Waals surface area contributed by atoms with Crippen LogP contribution in [0.25, 0.3) is 44.1 Å². The van der Waals surface area contributed by atoms with Crippen LogP contribution in [-0.4, -0.2) is 42.9 Å². The number of carbonyl (C=O) groups is 1. The van der Waals surface area contributed by atoms with Crippen molar-refractivity contribution >= 4 is 53.8 Å². The van der Waals surface area contributed by atoms with Gasteiger partial charge in [-0.1, -0.05) is 135 Å². The summed E-state index contributed by atoms with van der Waals surface area (Å²) in [5.74, 6) is -4.00. The van der Waals surface area contributed by atoms with Crippen molar-refractivity contribution in [2.45, 2.75) is 126 Å². The fourth-order valence-electron chi connectivity index (χ4n) is 7.47. The predicted octanol–water partition coefficient (Wildman–Crippen LogP) is 14.2. The Bertz CT molecular complexity index is 2550. The molecule has 1 radical (unpaired) electrons. The number of halogens is 2. The molecule has 0 amide bonds. The maximum absolute atomic E-state index is 12.9. The van der Waals surface area contributed by atoms with Crippen LogP contribution in [0.5, 0.6) is 0 Å². The molecule has 6 aromatic rings. The van der Waals surface area contributed by atoms with E-state index in [0.717, 1.165) is 79.3 Å². The molecule has 1 atom stereocenters. The molecule has 0 fully saturated rings. The summed E-state index contributed by atoms with van der Waals surface area (Å²) >= 11 is 0. The van der Waals surface area contributed by atoms with Crippen LogP contribution in [0.2, 0.25) is 39.3 Å². The van der Waals surface area contributed by atoms with E-state index >= 15 is 0 Å². The number of benzene rings is 4. The first kappa shape index (κ1) is 46.8. The molecular weight excluding hydrogens is 995 g/mol. The molecule has 63 heavy (non-hydrogen) atoms. The molecule has 0 saturated carbocycles. The summed E-state index contributed by atoms with van der Waals surface area (Å²) in [4.78, 5) is 20.6. The number of aliphatic hydroxyl groups excluding tert-OH is 1. The minimum atomic E-state index is -2.83. The number of hydrogen-bond donors (Lipinski definition) is 1. The van der Waals surface area contributed by atoms with Crippen molar-refractivity contribution in [3.05, 3.63) is 131 Å². The van der Waals surface area contributed by atoms with Gasteiger partial charge in [-0.2, -0.15) is 0 Å². The third-order valence-corrected chi connectivity index (χ3v) is 15.1. The number of aromatic nitrogens is 2. The number of hydrogen-bond acceptors (Lipinski definition) is 4. The van der Waals surface area contributed by atoms with Crippen LogP contribution in [0.1, 0.15) is 81.1 Å². The van der Waals surface area contributed by atoms with Gasteiger partial charge in [0, 0.05) is 56.8 Å². The largest absolute Gasteiger partial charge is 0.512 e. The molecule has 4 nitrogen and oxygen atoms in total. The van der Waals surface area contributed by atoms with Crippen molar-refractivity contribution < 1.29 is 44.3 Å². The molecule has 2 heterocycles. The van der Waals surface area contributed by atoms with Crippen LogP contribution in [0, 0.1) is 51.7 Å². The maximum Gasteiger partial charge on any atom is 0.246 e. The topological polar surface area (TPSA) is 63.1 Å². The second-order valence-electron chi connectivity index (χ2n) is 18.8. The van der Waals surface area contributed by atoms with E-state index < -0.39 is 34.4 Å². The van der Waals surface area contributed by atoms with Gasteiger partial charge in [0.25, 0.3) is 0 Å². The average Bonchev–Trinajstić information content (AvgIpc) is 3.21. The molecule has 0 aliphatic carbocycles. The Morgan fingerprint density at radius 1 is 0.714 bits per heavy atom. The number of fused-ring (bicyclic) bond motifs is 2. The number of ketones is 1. The molecule has 2 aromatic heterocycles. The van der Waals surface area contributed by atoms with Gasteiger partial charge < -0.3 is 15.1 Å². The molecule has 0 spiro atoms. The third kappa shape index (κ3) is 15.2. The smallest absolute Gasteiger partial charge is 0.246 e. The summed E-state index contributed by atoms with van der Waals surface area (Å²) in [5.41, 5.74) is 7.70. The van der Waals surface area contributed by atoms with E-state index in [1.165, 1.54) is 10.4 Å². The summed E-state index contributed by atoms with van der Waals surface area (Å²) in [6.07, 6.45) is 2.54. The van der Waals surface area contributed by atoms with E-state index in [-0.39, 0.29) is 62.0 Å². The van der Waals surface area contributed by atoms with Gasteiger partial charge >= 0.3 is 0 Å². The quantitative estimate of drug-likeness (QED) is 0.0574. The van der Waals surface area contributed by atoms with Gasteiger partial charge in [-0.3, -0.25) is 4.79 Å². The molecule has 0 bridgehead atoms. The first-order valence-corrected chi connectivity index (χ1v) is 28.7. The Balaban J connectivity index is 0.000000268. The third-order valence-electron chi connectivity index (χ3n) is 11.0. The van der Waals surface area contributed by atoms with Crippen LogP contribution >= 0.6 is 0 Å². The van der Waals surface area contributed by atoms with Crippen molar-refractivity contribution in [3.8, 4) is 22.5 Å². The summed E-state index contributed by atoms with van der Waals surface area (Å²) in [6, 6.07) is 28.0. The molecule has 1 N–H and O–H groups in total.